The Bertz CT molecular complexity index is 1750. The van der Waals surface area contributed by atoms with E-state index in [0.717, 1.165) is 9.58 Å². The molecule has 0 aliphatic carbocycles. The van der Waals surface area contributed by atoms with E-state index in [1.807, 2.05) is 6.92 Å². The highest BCUT2D eigenvalue weighted by molar-refractivity contribution is 7.89. The van der Waals surface area contributed by atoms with Crippen LogP contribution in [0.2, 0.25) is 0 Å². The molecule has 0 radical (unpaired) electrons. The van der Waals surface area contributed by atoms with Gasteiger partial charge in [0.25, 0.3) is 5.56 Å². The highest BCUT2D eigenvalue weighted by Crippen LogP contribution is 2.31. The number of aromatic amines is 1. The summed E-state index contributed by atoms with van der Waals surface area (Å²) < 4.78 is 115. The lowest BCUT2D eigenvalue weighted by atomic mass is 10.1. The van der Waals surface area contributed by atoms with Crippen LogP contribution in [0.4, 0.5) is 0 Å². The Hall–Kier alpha value is -2.76. The third kappa shape index (κ3) is 5.47. The number of sulfonamides is 1. The molecule has 0 saturated carbocycles. The lowest BCUT2D eigenvalue weighted by Crippen LogP contribution is -2.31. The van der Waals surface area contributed by atoms with Gasteiger partial charge < -0.3 is 14.6 Å². The SMILES string of the molecule is [2H]C([2H])(CNS(=O)(=O)c1ccc(OCCC)c(-c2nc3c(CC([2H])([2H])C([2H])([2H])[2H])nn(C)c3c(=O)[nH]2)c1)C1CCCN1C([2H])([2H])[2H]. The van der Waals surface area contributed by atoms with E-state index in [4.69, 9.17) is 18.4 Å². The van der Waals surface area contributed by atoms with Gasteiger partial charge in [-0.3, -0.25) is 9.48 Å². The standard InChI is InChI=1S/C25H36N6O4S/c1-5-8-20-22-23(31(4)29-20)25(32)28-24(27-22)19-16-18(10-11-21(19)35-15-6-2)36(33,34)26-13-12-17-9-7-14-30(17)3/h10-11,16-17,26H,5-9,12-15H2,1-4H3,(H,27,28,32)/i1D3,3D3,5D2,12D2. The van der Waals surface area contributed by atoms with E-state index in [9.17, 15) is 13.2 Å². The van der Waals surface area contributed by atoms with Crippen LogP contribution in [0.1, 0.15) is 65.2 Å². The van der Waals surface area contributed by atoms with E-state index in [1.54, 1.807) is 0 Å². The maximum absolute atomic E-state index is 13.4. The molecule has 1 fully saturated rings. The number of hydrogen-bond donors (Lipinski definition) is 2. The van der Waals surface area contributed by atoms with Crippen molar-refractivity contribution in [1.82, 2.24) is 29.4 Å². The molecule has 1 aromatic carbocycles. The van der Waals surface area contributed by atoms with Crippen molar-refractivity contribution in [3.05, 3.63) is 34.2 Å². The fourth-order valence-electron chi connectivity index (χ4n) is 4.09. The second kappa shape index (κ2) is 11.1. The number of fused-ring (bicyclic) bond motifs is 1. The van der Waals surface area contributed by atoms with Crippen molar-refractivity contribution in [2.45, 2.75) is 63.1 Å². The maximum atomic E-state index is 13.4. The first kappa shape index (κ1) is 16.2. The molecule has 10 nitrogen and oxygen atoms in total. The number of aryl methyl sites for hydroxylation is 2. The van der Waals surface area contributed by atoms with Gasteiger partial charge in [0, 0.05) is 33.3 Å². The molecule has 0 bridgehead atoms. The average Bonchev–Trinajstić information content (AvgIpc) is 3.56. The average molecular weight is 527 g/mol. The predicted molar refractivity (Wildman–Crippen MR) is 140 cm³/mol. The maximum Gasteiger partial charge on any atom is 0.277 e. The van der Waals surface area contributed by atoms with E-state index in [0.29, 0.717) is 12.8 Å². The van der Waals surface area contributed by atoms with Gasteiger partial charge >= 0.3 is 0 Å². The Balaban J connectivity index is 1.74. The van der Waals surface area contributed by atoms with Crippen LogP contribution in [-0.4, -0.2) is 65.8 Å². The molecule has 36 heavy (non-hydrogen) atoms. The normalized spacial score (nSPS) is 22.3. The summed E-state index contributed by atoms with van der Waals surface area (Å²) in [5.74, 6) is 0.000110. The zero-order chi connectivity index (χ0) is 34.5. The summed E-state index contributed by atoms with van der Waals surface area (Å²) in [6.45, 7) is -4.00. The third-order valence-electron chi connectivity index (χ3n) is 5.85. The van der Waals surface area contributed by atoms with Gasteiger partial charge in [-0.2, -0.15) is 5.10 Å². The van der Waals surface area contributed by atoms with E-state index in [2.05, 4.69) is 19.8 Å². The number of aromatic nitrogens is 4. The zero-order valence-electron chi connectivity index (χ0n) is 30.1. The number of hydrogen-bond acceptors (Lipinski definition) is 7. The molecule has 0 spiro atoms. The van der Waals surface area contributed by atoms with Crippen molar-refractivity contribution >= 4 is 21.1 Å². The molecule has 1 aliphatic heterocycles. The summed E-state index contributed by atoms with van der Waals surface area (Å²) in [6, 6.07) is 2.72. The van der Waals surface area contributed by atoms with Crippen molar-refractivity contribution < 1.29 is 26.9 Å². The first-order valence-electron chi connectivity index (χ1n) is 16.6. The summed E-state index contributed by atoms with van der Waals surface area (Å²) >= 11 is 0. The van der Waals surface area contributed by atoms with Crippen molar-refractivity contribution in [2.24, 2.45) is 7.05 Å². The number of H-pyrrole nitrogens is 1. The van der Waals surface area contributed by atoms with Crippen molar-refractivity contribution in [2.75, 3.05) is 26.7 Å². The molecule has 196 valence electrons. The lowest BCUT2D eigenvalue weighted by Gasteiger charge is -2.19. The molecular formula is C25H36N6O4S. The number of benzene rings is 1. The number of likely N-dealkylation sites (tertiary alicyclic amines) is 1. The molecule has 3 heterocycles. The minimum Gasteiger partial charge on any atom is -0.493 e. The van der Waals surface area contributed by atoms with Crippen LogP contribution >= 0.6 is 0 Å². The lowest BCUT2D eigenvalue weighted by molar-refractivity contribution is 0.297. The van der Waals surface area contributed by atoms with Gasteiger partial charge in [0.2, 0.25) is 10.0 Å². The molecule has 1 saturated heterocycles. The van der Waals surface area contributed by atoms with Crippen LogP contribution in [0.15, 0.2) is 27.9 Å². The summed E-state index contributed by atoms with van der Waals surface area (Å²) in [5, 5.41) is 4.15. The van der Waals surface area contributed by atoms with Gasteiger partial charge in [0.15, 0.2) is 5.52 Å². The highest BCUT2D eigenvalue weighted by atomic mass is 32.2. The molecule has 1 aliphatic rings. The fourth-order valence-corrected chi connectivity index (χ4v) is 5.05. The highest BCUT2D eigenvalue weighted by Gasteiger charge is 2.23. The Labute approximate surface area is 226 Å². The van der Waals surface area contributed by atoms with Gasteiger partial charge in [-0.05, 0) is 63.8 Å². The van der Waals surface area contributed by atoms with Gasteiger partial charge in [-0.1, -0.05) is 20.1 Å². The minimum atomic E-state index is -4.39. The van der Waals surface area contributed by atoms with E-state index in [-0.39, 0.29) is 58.3 Å². The number of rotatable bonds is 11. The Morgan fingerprint density at radius 3 is 3.03 bits per heavy atom. The van der Waals surface area contributed by atoms with Crippen LogP contribution < -0.4 is 15.0 Å². The minimum absolute atomic E-state index is 0.0383. The molecule has 1 unspecified atom stereocenters. The monoisotopic (exact) mass is 526 g/mol. The molecular weight excluding hydrogens is 480 g/mol. The van der Waals surface area contributed by atoms with Gasteiger partial charge in [0.1, 0.15) is 17.1 Å². The molecule has 2 aromatic heterocycles. The molecule has 1 atom stereocenters. The number of ether oxygens (including phenoxy) is 1. The van der Waals surface area contributed by atoms with Crippen molar-refractivity contribution in [1.29, 1.82) is 0 Å². The quantitative estimate of drug-likeness (QED) is 0.394. The van der Waals surface area contributed by atoms with Crippen LogP contribution in [0, 0.1) is 0 Å². The smallest absolute Gasteiger partial charge is 0.277 e. The predicted octanol–water partition coefficient (Wildman–Crippen LogP) is 2.83. The van der Waals surface area contributed by atoms with Crippen LogP contribution in [0.25, 0.3) is 22.4 Å². The molecule has 4 rings (SSSR count). The molecule has 3 aromatic rings. The number of nitrogens with one attached hydrogen (secondary N) is 2. The van der Waals surface area contributed by atoms with E-state index < -0.39 is 61.2 Å². The third-order valence-corrected chi connectivity index (χ3v) is 7.25. The Kier molecular flexibility index (Phi) is 4.98. The van der Waals surface area contributed by atoms with Crippen molar-refractivity contribution in [3.8, 4) is 17.1 Å². The summed E-state index contributed by atoms with van der Waals surface area (Å²) in [5.41, 5.74) is -0.885. The van der Waals surface area contributed by atoms with Crippen LogP contribution in [0.3, 0.4) is 0 Å². The zero-order valence-corrected chi connectivity index (χ0v) is 20.9. The van der Waals surface area contributed by atoms with Gasteiger partial charge in [-0.15, -0.1) is 0 Å². The molecule has 0 amide bonds. The fraction of sp³-hybridized carbons (Fsp3) is 0.560. The van der Waals surface area contributed by atoms with E-state index >= 15 is 0 Å². The second-order valence-electron chi connectivity index (χ2n) is 8.42. The first-order chi connectivity index (χ1) is 21.1. The first-order valence-corrected chi connectivity index (χ1v) is 13.1. The summed E-state index contributed by atoms with van der Waals surface area (Å²) in [6.07, 6.45) is -4.32. The molecule has 2 N–H and O–H groups in total. The Morgan fingerprint density at radius 2 is 2.25 bits per heavy atom. The van der Waals surface area contributed by atoms with E-state index in [1.165, 1.54) is 25.2 Å². The largest absolute Gasteiger partial charge is 0.493 e. The van der Waals surface area contributed by atoms with Gasteiger partial charge in [0.05, 0.1) is 22.8 Å². The van der Waals surface area contributed by atoms with Crippen LogP contribution in [0.5, 0.6) is 5.75 Å². The second-order valence-corrected chi connectivity index (χ2v) is 10.2. The summed E-state index contributed by atoms with van der Waals surface area (Å²) in [7, 11) is -2.97. The Morgan fingerprint density at radius 1 is 1.39 bits per heavy atom. The number of nitrogens with zero attached hydrogens (tertiary/aromatic N) is 4. The van der Waals surface area contributed by atoms with Crippen LogP contribution in [-0.2, 0) is 23.5 Å². The molecule has 11 heteroatoms. The summed E-state index contributed by atoms with van der Waals surface area (Å²) in [4.78, 5) is 21.0. The van der Waals surface area contributed by atoms with Gasteiger partial charge in [-0.25, -0.2) is 18.1 Å². The van der Waals surface area contributed by atoms with Crippen molar-refractivity contribution in [3.63, 3.8) is 0 Å². The topological polar surface area (TPSA) is 122 Å².